The molecule has 0 bridgehead atoms. The number of benzene rings is 2. The summed E-state index contributed by atoms with van der Waals surface area (Å²) in [5.74, 6) is 0.493. The van der Waals surface area contributed by atoms with Crippen molar-refractivity contribution in [2.45, 2.75) is 33.2 Å². The van der Waals surface area contributed by atoms with Gasteiger partial charge in [-0.15, -0.1) is 0 Å². The molecule has 8 heteroatoms. The summed E-state index contributed by atoms with van der Waals surface area (Å²) in [5, 5.41) is 13.7. The van der Waals surface area contributed by atoms with Gasteiger partial charge in [0, 0.05) is 29.7 Å². The van der Waals surface area contributed by atoms with E-state index in [4.69, 9.17) is 0 Å². The maximum Gasteiger partial charge on any atom is 0.251 e. The van der Waals surface area contributed by atoms with Crippen molar-refractivity contribution in [1.29, 1.82) is 5.26 Å². The van der Waals surface area contributed by atoms with E-state index in [0.717, 1.165) is 22.2 Å². The van der Waals surface area contributed by atoms with Gasteiger partial charge in [0.1, 0.15) is 6.07 Å². The third-order valence-electron chi connectivity index (χ3n) is 5.81. The van der Waals surface area contributed by atoms with Gasteiger partial charge in [-0.1, -0.05) is 18.2 Å². The lowest BCUT2D eigenvalue weighted by atomic mass is 10.0. The van der Waals surface area contributed by atoms with Gasteiger partial charge in [-0.3, -0.25) is 9.52 Å². The molecule has 1 amide bonds. The summed E-state index contributed by atoms with van der Waals surface area (Å²) in [5.41, 5.74) is 3.97. The summed E-state index contributed by atoms with van der Waals surface area (Å²) in [4.78, 5) is 12.6. The average molecular weight is 451 g/mol. The largest absolute Gasteiger partial charge is 0.352 e. The van der Waals surface area contributed by atoms with E-state index in [0.29, 0.717) is 35.8 Å². The molecule has 0 atom stereocenters. The zero-order valence-electron chi connectivity index (χ0n) is 18.2. The summed E-state index contributed by atoms with van der Waals surface area (Å²) >= 11 is 0. The second-order valence-electron chi connectivity index (χ2n) is 8.05. The van der Waals surface area contributed by atoms with E-state index >= 15 is 0 Å². The number of aryl methyl sites for hydroxylation is 1. The minimum absolute atomic E-state index is 0.00598. The van der Waals surface area contributed by atoms with E-state index in [-0.39, 0.29) is 11.7 Å². The van der Waals surface area contributed by atoms with Crippen LogP contribution < -0.4 is 10.0 Å². The molecule has 1 heterocycles. The van der Waals surface area contributed by atoms with Crippen LogP contribution in [-0.2, 0) is 16.6 Å². The number of anilines is 1. The number of carbonyl (C=O) groups excluding carboxylic acids is 1. The van der Waals surface area contributed by atoms with Crippen molar-refractivity contribution in [2.24, 2.45) is 5.92 Å². The Balaban J connectivity index is 1.73. The Morgan fingerprint density at radius 2 is 1.88 bits per heavy atom. The van der Waals surface area contributed by atoms with Gasteiger partial charge < -0.3 is 9.88 Å². The molecule has 1 aliphatic rings. The van der Waals surface area contributed by atoms with Gasteiger partial charge in [-0.25, -0.2) is 8.42 Å². The van der Waals surface area contributed by atoms with E-state index in [1.165, 1.54) is 12.8 Å². The first-order chi connectivity index (χ1) is 15.4. The Kier molecular flexibility index (Phi) is 5.94. The Bertz CT molecular complexity index is 1310. The molecule has 0 aliphatic heterocycles. The van der Waals surface area contributed by atoms with Gasteiger partial charge in [0.2, 0.25) is 10.0 Å². The summed E-state index contributed by atoms with van der Waals surface area (Å²) in [7, 11) is -3.36. The summed E-state index contributed by atoms with van der Waals surface area (Å²) in [6, 6.07) is 14.7. The lowest BCUT2D eigenvalue weighted by Gasteiger charge is -2.11. The number of amides is 1. The van der Waals surface area contributed by atoms with Gasteiger partial charge in [-0.05, 0) is 62.4 Å². The van der Waals surface area contributed by atoms with Crippen molar-refractivity contribution in [3.8, 4) is 17.3 Å². The standard InChI is InChI=1S/C24H26N4O3S/c1-3-28-22-13-18(24(29)26-15-16-5-6-16)9-12-20(22)21(14-25)23(28)17-7-10-19(11-8-17)27-32(30,31)4-2/h7-13,16,27H,3-6,15H2,1-2H3,(H,26,29). The highest BCUT2D eigenvalue weighted by Gasteiger charge is 2.23. The maximum absolute atomic E-state index is 12.6. The van der Waals surface area contributed by atoms with Crippen LogP contribution in [0, 0.1) is 17.2 Å². The monoisotopic (exact) mass is 450 g/mol. The van der Waals surface area contributed by atoms with Crippen LogP contribution in [0.15, 0.2) is 42.5 Å². The van der Waals surface area contributed by atoms with E-state index in [2.05, 4.69) is 16.1 Å². The molecule has 2 aromatic carbocycles. The number of carbonyl (C=O) groups is 1. The predicted molar refractivity (Wildman–Crippen MR) is 126 cm³/mol. The van der Waals surface area contributed by atoms with Crippen molar-refractivity contribution in [1.82, 2.24) is 9.88 Å². The van der Waals surface area contributed by atoms with E-state index < -0.39 is 10.0 Å². The van der Waals surface area contributed by atoms with Crippen LogP contribution >= 0.6 is 0 Å². The molecule has 4 rings (SSSR count). The molecule has 0 radical (unpaired) electrons. The van der Waals surface area contributed by atoms with Crippen LogP contribution in [0.4, 0.5) is 5.69 Å². The number of nitrogens with one attached hydrogen (secondary N) is 2. The molecule has 1 aliphatic carbocycles. The zero-order valence-corrected chi connectivity index (χ0v) is 19.0. The molecule has 0 spiro atoms. The third kappa shape index (κ3) is 4.34. The minimum Gasteiger partial charge on any atom is -0.352 e. The molecule has 1 saturated carbocycles. The van der Waals surface area contributed by atoms with Crippen molar-refractivity contribution in [2.75, 3.05) is 17.0 Å². The smallest absolute Gasteiger partial charge is 0.251 e. The van der Waals surface area contributed by atoms with Crippen molar-refractivity contribution in [3.05, 3.63) is 53.6 Å². The van der Waals surface area contributed by atoms with E-state index in [9.17, 15) is 18.5 Å². The van der Waals surface area contributed by atoms with Crippen LogP contribution in [0.2, 0.25) is 0 Å². The van der Waals surface area contributed by atoms with Crippen molar-refractivity contribution >= 4 is 32.5 Å². The lowest BCUT2D eigenvalue weighted by molar-refractivity contribution is 0.0952. The molecular formula is C24H26N4O3S. The van der Waals surface area contributed by atoms with E-state index in [1.54, 1.807) is 37.3 Å². The van der Waals surface area contributed by atoms with Crippen LogP contribution in [0.25, 0.3) is 22.2 Å². The van der Waals surface area contributed by atoms with Crippen LogP contribution in [0.5, 0.6) is 0 Å². The minimum atomic E-state index is -3.36. The molecule has 166 valence electrons. The number of rotatable bonds is 8. The van der Waals surface area contributed by atoms with Crippen molar-refractivity contribution in [3.63, 3.8) is 0 Å². The van der Waals surface area contributed by atoms with Gasteiger partial charge in [0.25, 0.3) is 5.91 Å². The lowest BCUT2D eigenvalue weighted by Crippen LogP contribution is -2.25. The quantitative estimate of drug-likeness (QED) is 0.539. The molecule has 2 N–H and O–H groups in total. The Labute approximate surface area is 188 Å². The fraction of sp³-hybridized carbons (Fsp3) is 0.333. The predicted octanol–water partition coefficient (Wildman–Crippen LogP) is 4.10. The number of fused-ring (bicyclic) bond motifs is 1. The molecule has 32 heavy (non-hydrogen) atoms. The molecule has 0 unspecified atom stereocenters. The van der Waals surface area contributed by atoms with Gasteiger partial charge in [0.05, 0.1) is 22.5 Å². The van der Waals surface area contributed by atoms with Crippen LogP contribution in [0.3, 0.4) is 0 Å². The zero-order chi connectivity index (χ0) is 22.9. The number of hydrogen-bond acceptors (Lipinski definition) is 4. The first-order valence-corrected chi connectivity index (χ1v) is 12.5. The normalized spacial score (nSPS) is 13.7. The van der Waals surface area contributed by atoms with Gasteiger partial charge >= 0.3 is 0 Å². The summed E-state index contributed by atoms with van der Waals surface area (Å²) < 4.78 is 28.2. The van der Waals surface area contributed by atoms with Gasteiger partial charge in [-0.2, -0.15) is 5.26 Å². The van der Waals surface area contributed by atoms with E-state index in [1.807, 2.05) is 23.6 Å². The fourth-order valence-electron chi connectivity index (χ4n) is 3.84. The molecule has 7 nitrogen and oxygen atoms in total. The Hall–Kier alpha value is -3.31. The Morgan fingerprint density at radius 1 is 1.16 bits per heavy atom. The first-order valence-electron chi connectivity index (χ1n) is 10.8. The topological polar surface area (TPSA) is 104 Å². The molecule has 1 fully saturated rings. The molecule has 0 saturated heterocycles. The second-order valence-corrected chi connectivity index (χ2v) is 10.1. The van der Waals surface area contributed by atoms with Crippen LogP contribution in [-0.4, -0.2) is 31.2 Å². The summed E-state index contributed by atoms with van der Waals surface area (Å²) in [6.07, 6.45) is 2.34. The van der Waals surface area contributed by atoms with Crippen molar-refractivity contribution < 1.29 is 13.2 Å². The Morgan fingerprint density at radius 3 is 2.47 bits per heavy atom. The SMILES string of the molecule is CCn1c(-c2ccc(NS(=O)(=O)CC)cc2)c(C#N)c2ccc(C(=O)NCC3CC3)cc21. The highest BCUT2D eigenvalue weighted by Crippen LogP contribution is 2.35. The molecular weight excluding hydrogens is 424 g/mol. The number of nitrogens with zero attached hydrogens (tertiary/aromatic N) is 2. The summed E-state index contributed by atoms with van der Waals surface area (Å²) in [6.45, 7) is 4.89. The number of aromatic nitrogens is 1. The average Bonchev–Trinajstić information content (AvgIpc) is 3.57. The third-order valence-corrected chi connectivity index (χ3v) is 7.12. The number of sulfonamides is 1. The fourth-order valence-corrected chi connectivity index (χ4v) is 4.48. The second kappa shape index (κ2) is 8.67. The number of nitriles is 1. The number of hydrogen-bond donors (Lipinski definition) is 2. The molecule has 1 aromatic heterocycles. The first kappa shape index (κ1) is 21.9. The van der Waals surface area contributed by atoms with Crippen LogP contribution in [0.1, 0.15) is 42.6 Å². The maximum atomic E-state index is 12.6. The highest BCUT2D eigenvalue weighted by atomic mass is 32.2. The molecule has 3 aromatic rings. The highest BCUT2D eigenvalue weighted by molar-refractivity contribution is 7.92. The van der Waals surface area contributed by atoms with Gasteiger partial charge in [0.15, 0.2) is 0 Å².